The van der Waals surface area contributed by atoms with Gasteiger partial charge in [-0.1, -0.05) is 26.8 Å². The second kappa shape index (κ2) is 10.6. The van der Waals surface area contributed by atoms with Gasteiger partial charge < -0.3 is 9.84 Å². The standard InChI is InChI=1S/C16H26O2S3/c1-5-19-11-15(20-6-2)16(21-7-3)12-8-9-13(17)14(10-12)18-4/h8-10,15-17H,5-7,11H2,1-4H3/t15-,16+/m1/s1. The van der Waals surface area contributed by atoms with E-state index in [0.29, 0.717) is 16.2 Å². The van der Waals surface area contributed by atoms with Gasteiger partial charge in [0.05, 0.1) is 7.11 Å². The molecule has 2 nitrogen and oxygen atoms in total. The van der Waals surface area contributed by atoms with Gasteiger partial charge in [0.25, 0.3) is 0 Å². The zero-order valence-electron chi connectivity index (χ0n) is 13.3. The van der Waals surface area contributed by atoms with E-state index in [0.717, 1.165) is 23.0 Å². The van der Waals surface area contributed by atoms with Crippen LogP contribution in [-0.2, 0) is 0 Å². The third kappa shape index (κ3) is 5.87. The summed E-state index contributed by atoms with van der Waals surface area (Å²) >= 11 is 6.02. The van der Waals surface area contributed by atoms with Crippen molar-refractivity contribution in [3.63, 3.8) is 0 Å². The highest BCUT2D eigenvalue weighted by Gasteiger charge is 2.24. The maximum atomic E-state index is 9.79. The molecule has 0 unspecified atom stereocenters. The predicted octanol–water partition coefficient (Wildman–Crippen LogP) is 5.07. The SMILES string of the molecule is CCSC[C@@H](SCC)[C@@H](SCC)c1ccc(O)c(OC)c1. The number of hydrogen-bond donors (Lipinski definition) is 1. The van der Waals surface area contributed by atoms with Crippen LogP contribution in [0.2, 0.25) is 0 Å². The quantitative estimate of drug-likeness (QED) is 0.639. The first-order chi connectivity index (χ1) is 10.2. The molecule has 5 heteroatoms. The van der Waals surface area contributed by atoms with Crippen LogP contribution >= 0.6 is 35.3 Å². The van der Waals surface area contributed by atoms with Crippen LogP contribution in [0.15, 0.2) is 18.2 Å². The maximum absolute atomic E-state index is 9.79. The van der Waals surface area contributed by atoms with Crippen molar-refractivity contribution in [1.29, 1.82) is 0 Å². The van der Waals surface area contributed by atoms with Crippen molar-refractivity contribution in [2.24, 2.45) is 0 Å². The summed E-state index contributed by atoms with van der Waals surface area (Å²) in [7, 11) is 1.60. The van der Waals surface area contributed by atoms with E-state index >= 15 is 0 Å². The first kappa shape index (κ1) is 18.9. The number of phenolic OH excluding ortho intramolecular Hbond substituents is 1. The molecule has 1 aromatic carbocycles. The number of methoxy groups -OCH3 is 1. The zero-order valence-corrected chi connectivity index (χ0v) is 15.7. The third-order valence-electron chi connectivity index (χ3n) is 3.08. The van der Waals surface area contributed by atoms with Crippen LogP contribution in [0.4, 0.5) is 0 Å². The number of benzene rings is 1. The summed E-state index contributed by atoms with van der Waals surface area (Å²) in [4.78, 5) is 0. The zero-order chi connectivity index (χ0) is 15.7. The molecule has 120 valence electrons. The van der Waals surface area contributed by atoms with Crippen molar-refractivity contribution in [3.05, 3.63) is 23.8 Å². The largest absolute Gasteiger partial charge is 0.504 e. The Kier molecular flexibility index (Phi) is 9.52. The molecule has 0 heterocycles. The highest BCUT2D eigenvalue weighted by molar-refractivity contribution is 8.05. The number of phenols is 1. The minimum absolute atomic E-state index is 0.212. The van der Waals surface area contributed by atoms with Gasteiger partial charge in [-0.05, 0) is 35.0 Å². The second-order valence-electron chi connectivity index (χ2n) is 4.46. The number of rotatable bonds is 10. The lowest BCUT2D eigenvalue weighted by Crippen LogP contribution is -2.17. The first-order valence-electron chi connectivity index (χ1n) is 7.35. The molecule has 0 aliphatic rings. The summed E-state index contributed by atoms with van der Waals surface area (Å²) in [6, 6.07) is 5.77. The van der Waals surface area contributed by atoms with Crippen LogP contribution in [0.25, 0.3) is 0 Å². The average molecular weight is 347 g/mol. The fourth-order valence-electron chi connectivity index (χ4n) is 2.14. The van der Waals surface area contributed by atoms with Crippen molar-refractivity contribution < 1.29 is 9.84 Å². The maximum Gasteiger partial charge on any atom is 0.160 e. The highest BCUT2D eigenvalue weighted by atomic mass is 32.2. The number of aromatic hydroxyl groups is 1. The van der Waals surface area contributed by atoms with E-state index in [1.807, 2.05) is 47.4 Å². The van der Waals surface area contributed by atoms with E-state index in [-0.39, 0.29) is 5.75 Å². The van der Waals surface area contributed by atoms with E-state index in [4.69, 9.17) is 4.74 Å². The van der Waals surface area contributed by atoms with Gasteiger partial charge in [0.2, 0.25) is 0 Å². The van der Waals surface area contributed by atoms with Gasteiger partial charge in [0, 0.05) is 16.3 Å². The van der Waals surface area contributed by atoms with Crippen molar-refractivity contribution in [1.82, 2.24) is 0 Å². The highest BCUT2D eigenvalue weighted by Crippen LogP contribution is 2.42. The summed E-state index contributed by atoms with van der Waals surface area (Å²) in [5.41, 5.74) is 1.25. The summed E-state index contributed by atoms with van der Waals surface area (Å²) < 4.78 is 5.26. The summed E-state index contributed by atoms with van der Waals surface area (Å²) in [6.07, 6.45) is 0. The molecule has 0 radical (unpaired) electrons. The number of thioether (sulfide) groups is 3. The molecule has 0 saturated heterocycles. The molecule has 0 bridgehead atoms. The lowest BCUT2D eigenvalue weighted by molar-refractivity contribution is 0.373. The topological polar surface area (TPSA) is 29.5 Å². The summed E-state index contributed by atoms with van der Waals surface area (Å²) in [6.45, 7) is 6.64. The molecule has 0 amide bonds. The van der Waals surface area contributed by atoms with Crippen molar-refractivity contribution >= 4 is 35.3 Å². The van der Waals surface area contributed by atoms with E-state index < -0.39 is 0 Å². The van der Waals surface area contributed by atoms with Gasteiger partial charge in [-0.15, -0.1) is 0 Å². The van der Waals surface area contributed by atoms with Crippen LogP contribution in [0.3, 0.4) is 0 Å². The van der Waals surface area contributed by atoms with Gasteiger partial charge in [-0.2, -0.15) is 35.3 Å². The second-order valence-corrected chi connectivity index (χ2v) is 8.71. The molecule has 2 atom stereocenters. The van der Waals surface area contributed by atoms with E-state index in [9.17, 15) is 5.11 Å². The van der Waals surface area contributed by atoms with Crippen molar-refractivity contribution in [2.45, 2.75) is 31.3 Å². The fourth-order valence-corrected chi connectivity index (χ4v) is 5.84. The molecule has 0 aromatic heterocycles. The third-order valence-corrected chi connectivity index (χ3v) is 6.96. The fraction of sp³-hybridized carbons (Fsp3) is 0.625. The molecule has 0 saturated carbocycles. The van der Waals surface area contributed by atoms with Crippen LogP contribution in [0, 0.1) is 0 Å². The lowest BCUT2D eigenvalue weighted by atomic mass is 10.1. The lowest BCUT2D eigenvalue weighted by Gasteiger charge is -2.26. The van der Waals surface area contributed by atoms with Crippen LogP contribution in [-0.4, -0.2) is 40.5 Å². The Balaban J connectivity index is 3.01. The Morgan fingerprint density at radius 1 is 1.10 bits per heavy atom. The van der Waals surface area contributed by atoms with Crippen molar-refractivity contribution in [2.75, 3.05) is 30.1 Å². The molecule has 1 N–H and O–H groups in total. The molecule has 1 aromatic rings. The Hall–Kier alpha value is -0.130. The van der Waals surface area contributed by atoms with Gasteiger partial charge >= 0.3 is 0 Å². The minimum atomic E-state index is 0.212. The molecule has 0 aliphatic heterocycles. The monoisotopic (exact) mass is 346 g/mol. The van der Waals surface area contributed by atoms with E-state index in [1.165, 1.54) is 5.56 Å². The normalized spacial score (nSPS) is 13.9. The van der Waals surface area contributed by atoms with Crippen LogP contribution < -0.4 is 4.74 Å². The molecule has 0 fully saturated rings. The molecule has 0 aliphatic carbocycles. The molecular formula is C16H26O2S3. The molecular weight excluding hydrogens is 320 g/mol. The summed E-state index contributed by atoms with van der Waals surface area (Å²) in [5, 5.41) is 10.8. The average Bonchev–Trinajstić information content (AvgIpc) is 2.50. The first-order valence-corrected chi connectivity index (χ1v) is 10.6. The van der Waals surface area contributed by atoms with Gasteiger partial charge in [0.1, 0.15) is 0 Å². The predicted molar refractivity (Wildman–Crippen MR) is 100 cm³/mol. The van der Waals surface area contributed by atoms with Gasteiger partial charge in [-0.3, -0.25) is 0 Å². The summed E-state index contributed by atoms with van der Waals surface area (Å²) in [5.74, 6) is 5.32. The van der Waals surface area contributed by atoms with Crippen LogP contribution in [0.5, 0.6) is 11.5 Å². The van der Waals surface area contributed by atoms with Crippen molar-refractivity contribution in [3.8, 4) is 11.5 Å². The Bertz CT molecular complexity index is 413. The number of ether oxygens (including phenoxy) is 1. The molecule has 21 heavy (non-hydrogen) atoms. The Morgan fingerprint density at radius 3 is 2.38 bits per heavy atom. The Labute approximate surface area is 141 Å². The smallest absolute Gasteiger partial charge is 0.160 e. The van der Waals surface area contributed by atoms with Gasteiger partial charge in [0.15, 0.2) is 11.5 Å². The number of hydrogen-bond acceptors (Lipinski definition) is 5. The van der Waals surface area contributed by atoms with Gasteiger partial charge in [-0.25, -0.2) is 0 Å². The van der Waals surface area contributed by atoms with Crippen LogP contribution in [0.1, 0.15) is 31.6 Å². The van der Waals surface area contributed by atoms with E-state index in [2.05, 4.69) is 20.8 Å². The minimum Gasteiger partial charge on any atom is -0.504 e. The molecule has 0 spiro atoms. The van der Waals surface area contributed by atoms with E-state index in [1.54, 1.807) is 13.2 Å². The molecule has 1 rings (SSSR count). The Morgan fingerprint density at radius 2 is 1.81 bits per heavy atom.